The predicted octanol–water partition coefficient (Wildman–Crippen LogP) is 0.973. The van der Waals surface area contributed by atoms with Gasteiger partial charge in [-0.15, -0.1) is 0 Å². The lowest BCUT2D eigenvalue weighted by Crippen LogP contribution is -2.12. The van der Waals surface area contributed by atoms with Gasteiger partial charge in [-0.1, -0.05) is 18.2 Å². The molecule has 52 valence electrons. The highest BCUT2D eigenvalue weighted by molar-refractivity contribution is 5.55. The average Bonchev–Trinajstić information content (AvgIpc) is 2.27. The van der Waals surface area contributed by atoms with E-state index in [1.807, 2.05) is 24.3 Å². The lowest BCUT2D eigenvalue weighted by atomic mass is 10.2. The molecule has 10 heavy (non-hydrogen) atoms. The molecule has 1 aliphatic rings. The van der Waals surface area contributed by atoms with E-state index in [2.05, 4.69) is 5.32 Å². The van der Waals surface area contributed by atoms with Crippen LogP contribution in [0.5, 0.6) is 0 Å². The molecule has 1 heterocycles. The summed E-state index contributed by atoms with van der Waals surface area (Å²) >= 11 is 0. The number of nitrogens with one attached hydrogen (secondary N) is 1. The van der Waals surface area contributed by atoms with Crippen molar-refractivity contribution in [2.45, 2.75) is 12.6 Å². The molecule has 0 fully saturated rings. The molecule has 0 unspecified atom stereocenters. The van der Waals surface area contributed by atoms with Crippen molar-refractivity contribution in [2.24, 2.45) is 0 Å². The maximum absolute atomic E-state index is 9.14. The Morgan fingerprint density at radius 3 is 3.00 bits per heavy atom. The van der Waals surface area contributed by atoms with Crippen LogP contribution < -0.4 is 5.32 Å². The first-order valence-corrected chi connectivity index (χ1v) is 3.39. The minimum atomic E-state index is -0.377. The molecule has 1 aromatic rings. The van der Waals surface area contributed by atoms with Gasteiger partial charge in [0.15, 0.2) is 0 Å². The Kier molecular flexibility index (Phi) is 1.14. The lowest BCUT2D eigenvalue weighted by molar-refractivity contribution is 0.212. The van der Waals surface area contributed by atoms with Crippen LogP contribution in [0.15, 0.2) is 24.3 Å². The number of hydrogen-bond donors (Lipinski definition) is 2. The number of para-hydroxylation sites is 1. The standard InChI is InChI=1S/C8H9NO/c10-8-5-6-3-1-2-4-7(6)9-8/h1-4,8-10H,5H2/t8-/m0/s1. The minimum absolute atomic E-state index is 0.377. The van der Waals surface area contributed by atoms with E-state index >= 15 is 0 Å². The maximum Gasteiger partial charge on any atom is 0.128 e. The van der Waals surface area contributed by atoms with E-state index in [0.717, 1.165) is 12.1 Å². The molecular formula is C8H9NO. The molecule has 0 amide bonds. The van der Waals surface area contributed by atoms with Crippen molar-refractivity contribution >= 4 is 5.69 Å². The smallest absolute Gasteiger partial charge is 0.128 e. The van der Waals surface area contributed by atoms with Gasteiger partial charge in [0.1, 0.15) is 6.23 Å². The number of rotatable bonds is 0. The van der Waals surface area contributed by atoms with Gasteiger partial charge in [0.25, 0.3) is 0 Å². The van der Waals surface area contributed by atoms with Crippen molar-refractivity contribution in [1.29, 1.82) is 0 Å². The van der Waals surface area contributed by atoms with Crippen LogP contribution in [0.4, 0.5) is 5.69 Å². The molecule has 2 heteroatoms. The van der Waals surface area contributed by atoms with Gasteiger partial charge in [-0.05, 0) is 11.6 Å². The number of benzene rings is 1. The molecule has 0 spiro atoms. The summed E-state index contributed by atoms with van der Waals surface area (Å²) < 4.78 is 0. The summed E-state index contributed by atoms with van der Waals surface area (Å²) in [6, 6.07) is 7.95. The number of hydrogen-bond acceptors (Lipinski definition) is 2. The summed E-state index contributed by atoms with van der Waals surface area (Å²) in [6.45, 7) is 0. The molecule has 1 atom stereocenters. The van der Waals surface area contributed by atoms with Crippen molar-refractivity contribution < 1.29 is 5.11 Å². The zero-order chi connectivity index (χ0) is 6.97. The molecule has 0 aliphatic carbocycles. The second kappa shape index (κ2) is 1.99. The number of aliphatic hydroxyl groups is 1. The SMILES string of the molecule is O[C@H]1Cc2ccccc2N1. The Balaban J connectivity index is 2.42. The topological polar surface area (TPSA) is 32.3 Å². The molecule has 0 aromatic heterocycles. The highest BCUT2D eigenvalue weighted by Gasteiger charge is 2.15. The summed E-state index contributed by atoms with van der Waals surface area (Å²) in [5, 5.41) is 12.1. The van der Waals surface area contributed by atoms with Crippen molar-refractivity contribution in [1.82, 2.24) is 0 Å². The first kappa shape index (κ1) is 5.74. The van der Waals surface area contributed by atoms with Gasteiger partial charge in [0.2, 0.25) is 0 Å². The van der Waals surface area contributed by atoms with Gasteiger partial charge < -0.3 is 10.4 Å². The largest absolute Gasteiger partial charge is 0.373 e. The number of aliphatic hydroxyl groups excluding tert-OH is 1. The third-order valence-electron chi connectivity index (χ3n) is 1.75. The normalized spacial score (nSPS) is 21.9. The molecule has 0 radical (unpaired) electrons. The second-order valence-corrected chi connectivity index (χ2v) is 2.52. The number of fused-ring (bicyclic) bond motifs is 1. The van der Waals surface area contributed by atoms with Crippen LogP contribution in [0.2, 0.25) is 0 Å². The quantitative estimate of drug-likeness (QED) is 0.555. The highest BCUT2D eigenvalue weighted by Crippen LogP contribution is 2.23. The zero-order valence-corrected chi connectivity index (χ0v) is 5.54. The van der Waals surface area contributed by atoms with Gasteiger partial charge in [-0.3, -0.25) is 0 Å². The summed E-state index contributed by atoms with van der Waals surface area (Å²) in [5.41, 5.74) is 2.27. The van der Waals surface area contributed by atoms with Crippen LogP contribution >= 0.6 is 0 Å². The third-order valence-corrected chi connectivity index (χ3v) is 1.75. The summed E-state index contributed by atoms with van der Waals surface area (Å²) in [5.74, 6) is 0. The molecule has 1 aromatic carbocycles. The predicted molar refractivity (Wildman–Crippen MR) is 39.8 cm³/mol. The van der Waals surface area contributed by atoms with Gasteiger partial charge in [0, 0.05) is 12.1 Å². The fourth-order valence-electron chi connectivity index (χ4n) is 1.28. The van der Waals surface area contributed by atoms with Gasteiger partial charge >= 0.3 is 0 Å². The zero-order valence-electron chi connectivity index (χ0n) is 5.54. The van der Waals surface area contributed by atoms with Gasteiger partial charge in [-0.25, -0.2) is 0 Å². The minimum Gasteiger partial charge on any atom is -0.373 e. The first-order valence-electron chi connectivity index (χ1n) is 3.39. The van der Waals surface area contributed by atoms with Crippen molar-refractivity contribution in [3.05, 3.63) is 29.8 Å². The first-order chi connectivity index (χ1) is 4.86. The second-order valence-electron chi connectivity index (χ2n) is 2.52. The number of anilines is 1. The molecule has 2 N–H and O–H groups in total. The monoisotopic (exact) mass is 135 g/mol. The Hall–Kier alpha value is -1.02. The van der Waals surface area contributed by atoms with E-state index in [1.54, 1.807) is 0 Å². The third kappa shape index (κ3) is 0.772. The molecule has 1 aliphatic heterocycles. The lowest BCUT2D eigenvalue weighted by Gasteiger charge is -1.99. The van der Waals surface area contributed by atoms with E-state index < -0.39 is 0 Å². The fraction of sp³-hybridized carbons (Fsp3) is 0.250. The highest BCUT2D eigenvalue weighted by atomic mass is 16.3. The van der Waals surface area contributed by atoms with E-state index in [-0.39, 0.29) is 6.23 Å². The van der Waals surface area contributed by atoms with Crippen LogP contribution in [-0.2, 0) is 6.42 Å². The molecule has 2 nitrogen and oxygen atoms in total. The van der Waals surface area contributed by atoms with Gasteiger partial charge in [-0.2, -0.15) is 0 Å². The van der Waals surface area contributed by atoms with Crippen LogP contribution in [0, 0.1) is 0 Å². The molecule has 0 bridgehead atoms. The molecule has 2 rings (SSSR count). The van der Waals surface area contributed by atoms with Crippen molar-refractivity contribution in [3.63, 3.8) is 0 Å². The average molecular weight is 135 g/mol. The molecule has 0 saturated carbocycles. The maximum atomic E-state index is 9.14. The Morgan fingerprint density at radius 2 is 2.20 bits per heavy atom. The summed E-state index contributed by atoms with van der Waals surface area (Å²) in [4.78, 5) is 0. The van der Waals surface area contributed by atoms with Crippen LogP contribution in [0.25, 0.3) is 0 Å². The molecule has 0 saturated heterocycles. The van der Waals surface area contributed by atoms with E-state index in [0.29, 0.717) is 0 Å². The van der Waals surface area contributed by atoms with Crippen LogP contribution in [0.3, 0.4) is 0 Å². The fourth-order valence-corrected chi connectivity index (χ4v) is 1.28. The summed E-state index contributed by atoms with van der Waals surface area (Å²) in [7, 11) is 0. The van der Waals surface area contributed by atoms with E-state index in [4.69, 9.17) is 5.11 Å². The van der Waals surface area contributed by atoms with E-state index in [1.165, 1.54) is 5.56 Å². The Morgan fingerprint density at radius 1 is 1.40 bits per heavy atom. The van der Waals surface area contributed by atoms with Gasteiger partial charge in [0.05, 0.1) is 0 Å². The van der Waals surface area contributed by atoms with Crippen molar-refractivity contribution in [3.8, 4) is 0 Å². The van der Waals surface area contributed by atoms with Crippen molar-refractivity contribution in [2.75, 3.05) is 5.32 Å². The van der Waals surface area contributed by atoms with Crippen LogP contribution in [0.1, 0.15) is 5.56 Å². The Bertz CT molecular complexity index is 222. The van der Waals surface area contributed by atoms with E-state index in [9.17, 15) is 0 Å². The van der Waals surface area contributed by atoms with Crippen LogP contribution in [-0.4, -0.2) is 11.3 Å². The Labute approximate surface area is 59.5 Å². The summed E-state index contributed by atoms with van der Waals surface area (Å²) in [6.07, 6.45) is 0.355. The molecular weight excluding hydrogens is 126 g/mol.